The van der Waals surface area contributed by atoms with Crippen molar-refractivity contribution < 1.29 is 4.74 Å². The summed E-state index contributed by atoms with van der Waals surface area (Å²) in [6.07, 6.45) is 1.73. The first-order valence-corrected chi connectivity index (χ1v) is 7.34. The maximum atomic E-state index is 5.38. The van der Waals surface area contributed by atoms with Crippen molar-refractivity contribution in [2.75, 3.05) is 14.2 Å². The molecule has 0 aliphatic heterocycles. The number of aromatic nitrogens is 2. The Morgan fingerprint density at radius 3 is 2.42 bits per heavy atom. The third kappa shape index (κ3) is 3.01. The van der Waals surface area contributed by atoms with Crippen molar-refractivity contribution >= 4 is 31.9 Å². The van der Waals surface area contributed by atoms with E-state index in [2.05, 4.69) is 54.4 Å². The first-order valence-electron chi connectivity index (χ1n) is 5.76. The standard InChI is InChI=1S/C13H15Br2N3O/c1-16-12(8-4-9(14)6-10(15)5-8)13-11(19-3)7-17-18(13)2/h4-7,12,16H,1-3H3. The maximum Gasteiger partial charge on any atom is 0.161 e. The van der Waals surface area contributed by atoms with Crippen molar-refractivity contribution in [2.24, 2.45) is 7.05 Å². The molecule has 0 fully saturated rings. The number of nitrogens with one attached hydrogen (secondary N) is 1. The summed E-state index contributed by atoms with van der Waals surface area (Å²) in [5, 5.41) is 7.56. The highest BCUT2D eigenvalue weighted by molar-refractivity contribution is 9.11. The Morgan fingerprint density at radius 1 is 1.26 bits per heavy atom. The summed E-state index contributed by atoms with van der Waals surface area (Å²) in [5.74, 6) is 0.776. The minimum atomic E-state index is 0.0104. The SMILES string of the molecule is CNC(c1cc(Br)cc(Br)c1)c1c(OC)cnn1C. The van der Waals surface area contributed by atoms with E-state index in [9.17, 15) is 0 Å². The van der Waals surface area contributed by atoms with Crippen molar-refractivity contribution in [3.05, 3.63) is 44.6 Å². The molecule has 2 aromatic rings. The van der Waals surface area contributed by atoms with Gasteiger partial charge in [-0.05, 0) is 30.8 Å². The predicted molar refractivity (Wildman–Crippen MR) is 82.5 cm³/mol. The quantitative estimate of drug-likeness (QED) is 0.873. The van der Waals surface area contributed by atoms with Crippen LogP contribution >= 0.6 is 31.9 Å². The Hall–Kier alpha value is -0.850. The molecule has 2 rings (SSSR count). The molecule has 0 radical (unpaired) electrons. The zero-order valence-electron chi connectivity index (χ0n) is 10.9. The summed E-state index contributed by atoms with van der Waals surface area (Å²) in [6.45, 7) is 0. The number of ether oxygens (including phenoxy) is 1. The van der Waals surface area contributed by atoms with Crippen LogP contribution in [0.2, 0.25) is 0 Å². The molecule has 1 unspecified atom stereocenters. The van der Waals surface area contributed by atoms with Crippen LogP contribution in [-0.2, 0) is 7.05 Å². The fourth-order valence-electron chi connectivity index (χ4n) is 2.12. The molecule has 0 aliphatic rings. The molecule has 0 spiro atoms. The lowest BCUT2D eigenvalue weighted by atomic mass is 10.0. The number of benzene rings is 1. The van der Waals surface area contributed by atoms with Gasteiger partial charge < -0.3 is 10.1 Å². The second kappa shape index (κ2) is 6.07. The second-order valence-electron chi connectivity index (χ2n) is 4.15. The fraction of sp³-hybridized carbons (Fsp3) is 0.308. The second-order valence-corrected chi connectivity index (χ2v) is 5.98. The van der Waals surface area contributed by atoms with Crippen LogP contribution < -0.4 is 10.1 Å². The summed E-state index contributed by atoms with van der Waals surface area (Å²) < 4.78 is 9.26. The molecule has 102 valence electrons. The first kappa shape index (κ1) is 14.6. The topological polar surface area (TPSA) is 39.1 Å². The van der Waals surface area contributed by atoms with Crippen LogP contribution in [0.25, 0.3) is 0 Å². The van der Waals surface area contributed by atoms with E-state index in [1.807, 2.05) is 24.8 Å². The van der Waals surface area contributed by atoms with Gasteiger partial charge in [-0.3, -0.25) is 4.68 Å². The van der Waals surface area contributed by atoms with Gasteiger partial charge in [-0.25, -0.2) is 0 Å². The van der Waals surface area contributed by atoms with E-state index in [-0.39, 0.29) is 6.04 Å². The lowest BCUT2D eigenvalue weighted by Gasteiger charge is -2.19. The van der Waals surface area contributed by atoms with E-state index >= 15 is 0 Å². The number of hydrogen-bond donors (Lipinski definition) is 1. The van der Waals surface area contributed by atoms with Gasteiger partial charge in [0.05, 0.1) is 19.3 Å². The van der Waals surface area contributed by atoms with E-state index in [0.29, 0.717) is 0 Å². The lowest BCUT2D eigenvalue weighted by Crippen LogP contribution is -2.21. The molecule has 19 heavy (non-hydrogen) atoms. The molecule has 0 aliphatic carbocycles. The zero-order chi connectivity index (χ0) is 14.0. The Bertz CT molecular complexity index is 563. The molecule has 1 aromatic carbocycles. The smallest absolute Gasteiger partial charge is 0.161 e. The minimum absolute atomic E-state index is 0.0104. The molecule has 4 nitrogen and oxygen atoms in total. The van der Waals surface area contributed by atoms with Crippen LogP contribution in [-0.4, -0.2) is 23.9 Å². The van der Waals surface area contributed by atoms with Crippen molar-refractivity contribution in [3.63, 3.8) is 0 Å². The maximum absolute atomic E-state index is 5.38. The molecule has 1 aromatic heterocycles. The van der Waals surface area contributed by atoms with Gasteiger partial charge in [-0.1, -0.05) is 31.9 Å². The number of halogens is 2. The lowest BCUT2D eigenvalue weighted by molar-refractivity contribution is 0.402. The molecule has 1 atom stereocenters. The van der Waals surface area contributed by atoms with Gasteiger partial charge in [-0.2, -0.15) is 5.10 Å². The first-order chi connectivity index (χ1) is 9.06. The molecule has 0 amide bonds. The Morgan fingerprint density at radius 2 is 1.89 bits per heavy atom. The molecule has 1 heterocycles. The van der Waals surface area contributed by atoms with Crippen LogP contribution in [0.5, 0.6) is 5.75 Å². The predicted octanol–water partition coefficient (Wildman–Crippen LogP) is 3.26. The number of nitrogens with zero attached hydrogens (tertiary/aromatic N) is 2. The van der Waals surface area contributed by atoms with Crippen molar-refractivity contribution in [2.45, 2.75) is 6.04 Å². The monoisotopic (exact) mass is 387 g/mol. The van der Waals surface area contributed by atoms with E-state index in [1.165, 1.54) is 0 Å². The average Bonchev–Trinajstić information content (AvgIpc) is 2.71. The molecule has 0 saturated carbocycles. The van der Waals surface area contributed by atoms with Crippen LogP contribution in [0.1, 0.15) is 17.3 Å². The van der Waals surface area contributed by atoms with Gasteiger partial charge in [-0.15, -0.1) is 0 Å². The van der Waals surface area contributed by atoms with Gasteiger partial charge >= 0.3 is 0 Å². The van der Waals surface area contributed by atoms with E-state index in [1.54, 1.807) is 13.3 Å². The van der Waals surface area contributed by atoms with E-state index < -0.39 is 0 Å². The molecule has 1 N–H and O–H groups in total. The number of hydrogen-bond acceptors (Lipinski definition) is 3. The minimum Gasteiger partial charge on any atom is -0.493 e. The van der Waals surface area contributed by atoms with Gasteiger partial charge in [0.15, 0.2) is 5.75 Å². The van der Waals surface area contributed by atoms with Gasteiger partial charge in [0.2, 0.25) is 0 Å². The van der Waals surface area contributed by atoms with Crippen LogP contribution in [0, 0.1) is 0 Å². The van der Waals surface area contributed by atoms with Crippen LogP contribution in [0.3, 0.4) is 0 Å². The van der Waals surface area contributed by atoms with E-state index in [4.69, 9.17) is 4.74 Å². The number of methoxy groups -OCH3 is 1. The highest BCUT2D eigenvalue weighted by atomic mass is 79.9. The molecule has 0 saturated heterocycles. The van der Waals surface area contributed by atoms with Gasteiger partial charge in [0, 0.05) is 16.0 Å². The molecule has 6 heteroatoms. The molecular weight excluding hydrogens is 374 g/mol. The van der Waals surface area contributed by atoms with Crippen LogP contribution in [0.15, 0.2) is 33.3 Å². The van der Waals surface area contributed by atoms with Gasteiger partial charge in [0.1, 0.15) is 5.69 Å². The normalized spacial score (nSPS) is 12.5. The number of rotatable bonds is 4. The Balaban J connectivity index is 2.52. The average molecular weight is 389 g/mol. The Labute approximate surface area is 129 Å². The Kier molecular flexibility index (Phi) is 4.65. The summed E-state index contributed by atoms with van der Waals surface area (Å²) >= 11 is 7.03. The van der Waals surface area contributed by atoms with Crippen molar-refractivity contribution in [1.29, 1.82) is 0 Å². The number of aryl methyl sites for hydroxylation is 1. The summed E-state index contributed by atoms with van der Waals surface area (Å²) in [6, 6.07) is 6.18. The molecule has 0 bridgehead atoms. The summed E-state index contributed by atoms with van der Waals surface area (Å²) in [4.78, 5) is 0. The third-order valence-corrected chi connectivity index (χ3v) is 3.87. The highest BCUT2D eigenvalue weighted by Crippen LogP contribution is 2.32. The van der Waals surface area contributed by atoms with Crippen molar-refractivity contribution in [1.82, 2.24) is 15.1 Å². The third-order valence-electron chi connectivity index (χ3n) is 2.95. The van der Waals surface area contributed by atoms with Crippen molar-refractivity contribution in [3.8, 4) is 5.75 Å². The highest BCUT2D eigenvalue weighted by Gasteiger charge is 2.21. The van der Waals surface area contributed by atoms with Gasteiger partial charge in [0.25, 0.3) is 0 Å². The largest absolute Gasteiger partial charge is 0.493 e. The zero-order valence-corrected chi connectivity index (χ0v) is 14.1. The van der Waals surface area contributed by atoms with Crippen LogP contribution in [0.4, 0.5) is 0 Å². The molecular formula is C13H15Br2N3O. The summed E-state index contributed by atoms with van der Waals surface area (Å²) in [7, 11) is 5.49. The van der Waals surface area contributed by atoms with E-state index in [0.717, 1.165) is 26.0 Å². The fourth-order valence-corrected chi connectivity index (χ4v) is 3.45. The summed E-state index contributed by atoms with van der Waals surface area (Å²) in [5.41, 5.74) is 2.13.